The molecule has 3 rings (SSSR count). The molecule has 3 aromatic rings. The molecule has 0 radical (unpaired) electrons. The topological polar surface area (TPSA) is 22.1 Å². The summed E-state index contributed by atoms with van der Waals surface area (Å²) in [5.74, 6) is -0.283. The van der Waals surface area contributed by atoms with Crippen molar-refractivity contribution in [2.24, 2.45) is 0 Å². The Balaban J connectivity index is 1.92. The van der Waals surface area contributed by atoms with Gasteiger partial charge < -0.3 is 4.74 Å². The summed E-state index contributed by atoms with van der Waals surface area (Å²) in [7, 11) is 0. The van der Waals surface area contributed by atoms with E-state index in [2.05, 4.69) is 25.7 Å². The van der Waals surface area contributed by atoms with Gasteiger partial charge in [0.15, 0.2) is 0 Å². The quantitative estimate of drug-likeness (QED) is 0.409. The minimum absolute atomic E-state index is 0.260. The average molecular weight is 451 g/mol. The molecular formula is C17H9BrCl2F3NO. The molecule has 0 saturated carbocycles. The molecule has 8 heteroatoms. The van der Waals surface area contributed by atoms with Crippen molar-refractivity contribution in [2.75, 3.05) is 0 Å². The number of rotatable bonds is 3. The van der Waals surface area contributed by atoms with Crippen LogP contribution in [0, 0.1) is 0 Å². The van der Waals surface area contributed by atoms with E-state index < -0.39 is 6.36 Å². The lowest BCUT2D eigenvalue weighted by molar-refractivity contribution is -0.274. The Labute approximate surface area is 159 Å². The third kappa shape index (κ3) is 4.37. The number of aromatic nitrogens is 1. The molecule has 0 aliphatic carbocycles. The first-order chi connectivity index (χ1) is 11.7. The first-order valence-corrected chi connectivity index (χ1v) is 8.55. The van der Waals surface area contributed by atoms with Crippen LogP contribution in [-0.4, -0.2) is 11.3 Å². The largest absolute Gasteiger partial charge is 0.573 e. The van der Waals surface area contributed by atoms with E-state index in [9.17, 15) is 13.2 Å². The van der Waals surface area contributed by atoms with Crippen molar-refractivity contribution in [3.8, 4) is 5.75 Å². The van der Waals surface area contributed by atoms with Crippen molar-refractivity contribution in [3.63, 3.8) is 0 Å². The second-order valence-electron chi connectivity index (χ2n) is 5.23. The molecule has 130 valence electrons. The van der Waals surface area contributed by atoms with Gasteiger partial charge in [-0.05, 0) is 35.9 Å². The zero-order valence-electron chi connectivity index (χ0n) is 12.4. The number of ether oxygens (including phenoxy) is 1. The van der Waals surface area contributed by atoms with E-state index >= 15 is 0 Å². The van der Waals surface area contributed by atoms with Crippen molar-refractivity contribution in [1.29, 1.82) is 0 Å². The average Bonchev–Trinajstić information content (AvgIpc) is 2.52. The van der Waals surface area contributed by atoms with Crippen LogP contribution in [0.2, 0.25) is 10.2 Å². The van der Waals surface area contributed by atoms with Crippen molar-refractivity contribution >= 4 is 50.0 Å². The number of halogens is 6. The summed E-state index contributed by atoms with van der Waals surface area (Å²) in [5.41, 5.74) is 2.00. The Hall–Kier alpha value is -1.50. The maximum absolute atomic E-state index is 12.2. The first kappa shape index (κ1) is 18.3. The van der Waals surface area contributed by atoms with Crippen molar-refractivity contribution in [1.82, 2.24) is 4.98 Å². The number of alkyl halides is 3. The van der Waals surface area contributed by atoms with Crippen LogP contribution in [0.3, 0.4) is 0 Å². The second kappa shape index (κ2) is 7.02. The summed E-state index contributed by atoms with van der Waals surface area (Å²) in [5, 5.41) is 1.47. The van der Waals surface area contributed by atoms with Gasteiger partial charge in [0.05, 0.1) is 10.5 Å². The Morgan fingerprint density at radius 3 is 2.36 bits per heavy atom. The number of fused-ring (bicyclic) bond motifs is 1. The lowest BCUT2D eigenvalue weighted by atomic mass is 10.0. The molecule has 0 aliphatic heterocycles. The van der Waals surface area contributed by atoms with E-state index in [4.69, 9.17) is 23.2 Å². The minimum atomic E-state index is -4.72. The molecule has 2 aromatic carbocycles. The predicted octanol–water partition coefficient (Wildman–Crippen LogP) is 6.79. The number of pyridine rings is 1. The molecule has 1 heterocycles. The highest BCUT2D eigenvalue weighted by Crippen LogP contribution is 2.34. The van der Waals surface area contributed by atoms with Crippen molar-refractivity contribution in [3.05, 3.63) is 68.2 Å². The molecule has 0 N–H and O–H groups in total. The molecule has 0 aliphatic rings. The van der Waals surface area contributed by atoms with Crippen LogP contribution < -0.4 is 4.74 Å². The molecule has 0 saturated heterocycles. The van der Waals surface area contributed by atoms with Gasteiger partial charge >= 0.3 is 6.36 Å². The molecule has 1 aromatic heterocycles. The van der Waals surface area contributed by atoms with E-state index in [1.807, 2.05) is 12.1 Å². The molecule has 2 nitrogen and oxygen atoms in total. The van der Waals surface area contributed by atoms with Gasteiger partial charge in [0.1, 0.15) is 10.9 Å². The zero-order valence-corrected chi connectivity index (χ0v) is 15.5. The molecule has 0 amide bonds. The van der Waals surface area contributed by atoms with Crippen LogP contribution in [0.5, 0.6) is 5.75 Å². The number of hydrogen-bond acceptors (Lipinski definition) is 2. The predicted molar refractivity (Wildman–Crippen MR) is 95.4 cm³/mol. The highest BCUT2D eigenvalue weighted by atomic mass is 79.9. The van der Waals surface area contributed by atoms with Gasteiger partial charge in [0.25, 0.3) is 0 Å². The van der Waals surface area contributed by atoms with Gasteiger partial charge in [-0.1, -0.05) is 51.3 Å². The highest BCUT2D eigenvalue weighted by molar-refractivity contribution is 9.10. The van der Waals surface area contributed by atoms with Crippen LogP contribution >= 0.6 is 39.1 Å². The first-order valence-electron chi connectivity index (χ1n) is 7.01. The van der Waals surface area contributed by atoms with Crippen LogP contribution in [0.4, 0.5) is 13.2 Å². The maximum atomic E-state index is 12.2. The van der Waals surface area contributed by atoms with Gasteiger partial charge in [-0.25, -0.2) is 4.98 Å². The van der Waals surface area contributed by atoms with Gasteiger partial charge in [0, 0.05) is 21.8 Å². The summed E-state index contributed by atoms with van der Waals surface area (Å²) in [6.07, 6.45) is -4.39. The Morgan fingerprint density at radius 2 is 1.72 bits per heavy atom. The van der Waals surface area contributed by atoms with E-state index in [-0.39, 0.29) is 10.9 Å². The smallest absolute Gasteiger partial charge is 0.406 e. The number of benzene rings is 2. The maximum Gasteiger partial charge on any atom is 0.573 e. The molecule has 0 bridgehead atoms. The summed E-state index contributed by atoms with van der Waals surface area (Å²) in [6.45, 7) is 0. The SMILES string of the molecule is FC(F)(F)Oc1ccc(Cc2c(Cl)nc3ccc(Br)cc3c2Cl)cc1. The summed E-state index contributed by atoms with van der Waals surface area (Å²) < 4.78 is 41.3. The highest BCUT2D eigenvalue weighted by Gasteiger charge is 2.30. The van der Waals surface area contributed by atoms with Crippen LogP contribution in [0.1, 0.15) is 11.1 Å². The fourth-order valence-corrected chi connectivity index (χ4v) is 3.34. The van der Waals surface area contributed by atoms with Crippen molar-refractivity contribution < 1.29 is 17.9 Å². The van der Waals surface area contributed by atoms with E-state index in [1.165, 1.54) is 24.3 Å². The monoisotopic (exact) mass is 449 g/mol. The molecule has 0 spiro atoms. The van der Waals surface area contributed by atoms with E-state index in [0.717, 1.165) is 15.4 Å². The minimum Gasteiger partial charge on any atom is -0.406 e. The second-order valence-corrected chi connectivity index (χ2v) is 6.88. The summed E-state index contributed by atoms with van der Waals surface area (Å²) >= 11 is 16.1. The van der Waals surface area contributed by atoms with Crippen LogP contribution in [0.15, 0.2) is 46.9 Å². The fourth-order valence-electron chi connectivity index (χ4n) is 2.37. The third-order valence-corrected chi connectivity index (χ3v) is 4.70. The standard InChI is InChI=1S/C17H9BrCl2F3NO/c18-10-3-6-14-12(8-10)15(19)13(16(20)24-14)7-9-1-4-11(5-2-9)25-17(21,22)23/h1-6,8H,7H2. The Morgan fingerprint density at radius 1 is 1.04 bits per heavy atom. The molecule has 25 heavy (non-hydrogen) atoms. The fraction of sp³-hybridized carbons (Fsp3) is 0.118. The van der Waals surface area contributed by atoms with E-state index in [0.29, 0.717) is 22.5 Å². The van der Waals surface area contributed by atoms with Gasteiger partial charge in [0.2, 0.25) is 0 Å². The molecular weight excluding hydrogens is 442 g/mol. The molecule has 0 unspecified atom stereocenters. The molecule has 0 atom stereocenters. The van der Waals surface area contributed by atoms with Crippen LogP contribution in [-0.2, 0) is 6.42 Å². The zero-order chi connectivity index (χ0) is 18.2. The number of nitrogens with zero attached hydrogens (tertiary/aromatic N) is 1. The normalized spacial score (nSPS) is 11.8. The Kier molecular flexibility index (Phi) is 5.14. The van der Waals surface area contributed by atoms with Gasteiger partial charge in [-0.3, -0.25) is 0 Å². The summed E-state index contributed by atoms with van der Waals surface area (Å²) in [6, 6.07) is 11.0. The number of hydrogen-bond donors (Lipinski definition) is 0. The Bertz CT molecular complexity index is 930. The molecule has 0 fully saturated rings. The van der Waals surface area contributed by atoms with Gasteiger partial charge in [-0.2, -0.15) is 0 Å². The third-order valence-electron chi connectivity index (χ3n) is 3.47. The van der Waals surface area contributed by atoms with Crippen molar-refractivity contribution in [2.45, 2.75) is 12.8 Å². The lowest BCUT2D eigenvalue weighted by Gasteiger charge is -2.12. The van der Waals surface area contributed by atoms with Gasteiger partial charge in [-0.15, -0.1) is 13.2 Å². The van der Waals surface area contributed by atoms with Crippen LogP contribution in [0.25, 0.3) is 10.9 Å². The summed E-state index contributed by atoms with van der Waals surface area (Å²) in [4.78, 5) is 4.33. The van der Waals surface area contributed by atoms with E-state index in [1.54, 1.807) is 6.07 Å². The lowest BCUT2D eigenvalue weighted by Crippen LogP contribution is -2.17.